The van der Waals surface area contributed by atoms with Crippen LogP contribution < -0.4 is 0 Å². The minimum absolute atomic E-state index is 0.00485. The number of hydrogen-bond acceptors (Lipinski definition) is 2. The van der Waals surface area contributed by atoms with Gasteiger partial charge in [-0.2, -0.15) is 0 Å². The van der Waals surface area contributed by atoms with Crippen LogP contribution in [0.3, 0.4) is 0 Å². The number of aliphatic hydroxyl groups is 1. The van der Waals surface area contributed by atoms with Crippen molar-refractivity contribution < 1.29 is 9.90 Å². The first kappa shape index (κ1) is 18.0. The first-order chi connectivity index (χ1) is 11.0. The van der Waals surface area contributed by atoms with E-state index in [2.05, 4.69) is 6.58 Å². The van der Waals surface area contributed by atoms with Crippen molar-refractivity contribution in [3.63, 3.8) is 0 Å². The summed E-state index contributed by atoms with van der Waals surface area (Å²) in [6.07, 6.45) is 4.92. The van der Waals surface area contributed by atoms with Gasteiger partial charge in [0.25, 0.3) is 0 Å². The maximum Gasteiger partial charge on any atom is 0.229 e. The number of benzene rings is 1. The highest BCUT2D eigenvalue weighted by Gasteiger charge is 2.45. The van der Waals surface area contributed by atoms with Gasteiger partial charge >= 0.3 is 0 Å². The molecule has 0 bridgehead atoms. The van der Waals surface area contributed by atoms with Gasteiger partial charge in [-0.3, -0.25) is 4.79 Å². The molecule has 2 rings (SSSR count). The fourth-order valence-corrected chi connectivity index (χ4v) is 3.63. The summed E-state index contributed by atoms with van der Waals surface area (Å²) in [5.74, 6) is 0.115. The molecule has 4 heteroatoms. The average molecular weight is 336 g/mol. The largest absolute Gasteiger partial charge is 0.394 e. The Morgan fingerprint density at radius 1 is 1.48 bits per heavy atom. The lowest BCUT2D eigenvalue weighted by Crippen LogP contribution is -2.54. The summed E-state index contributed by atoms with van der Waals surface area (Å²) in [7, 11) is 0. The molecule has 23 heavy (non-hydrogen) atoms. The summed E-state index contributed by atoms with van der Waals surface area (Å²) in [6.45, 7) is 7.79. The summed E-state index contributed by atoms with van der Waals surface area (Å²) in [6, 6.07) is 7.51. The number of carbonyl (C=O) groups excluding carboxylic acids is 1. The van der Waals surface area contributed by atoms with Crippen molar-refractivity contribution >= 4 is 17.5 Å². The Labute approximate surface area is 143 Å². The number of allylic oxidation sites excluding steroid dienone is 1. The van der Waals surface area contributed by atoms with Gasteiger partial charge in [0.15, 0.2) is 0 Å². The monoisotopic (exact) mass is 335 g/mol. The minimum Gasteiger partial charge on any atom is -0.394 e. The van der Waals surface area contributed by atoms with Crippen molar-refractivity contribution in [3.05, 3.63) is 47.5 Å². The van der Waals surface area contributed by atoms with Gasteiger partial charge in [0.2, 0.25) is 5.91 Å². The fourth-order valence-electron chi connectivity index (χ4n) is 3.51. The van der Waals surface area contributed by atoms with Gasteiger partial charge in [0, 0.05) is 5.02 Å². The Bertz CT molecular complexity index is 553. The molecular formula is C19H26ClNO2. The summed E-state index contributed by atoms with van der Waals surface area (Å²) in [5, 5.41) is 10.5. The number of carbonyl (C=O) groups is 1. The molecule has 1 aliphatic heterocycles. The van der Waals surface area contributed by atoms with Crippen molar-refractivity contribution in [1.82, 2.24) is 4.90 Å². The Morgan fingerprint density at radius 2 is 2.13 bits per heavy atom. The van der Waals surface area contributed by atoms with Crippen LogP contribution in [-0.2, 0) is 4.79 Å². The minimum atomic E-state index is -0.423. The molecule has 0 aliphatic carbocycles. The smallest absolute Gasteiger partial charge is 0.229 e. The van der Waals surface area contributed by atoms with Gasteiger partial charge in [-0.15, -0.1) is 6.58 Å². The lowest BCUT2D eigenvalue weighted by molar-refractivity contribution is -0.154. The molecule has 3 nitrogen and oxygen atoms in total. The van der Waals surface area contributed by atoms with Crippen LogP contribution in [0.5, 0.6) is 0 Å². The van der Waals surface area contributed by atoms with Crippen LogP contribution in [0.1, 0.15) is 51.1 Å². The average Bonchev–Trinajstić information content (AvgIpc) is 2.54. The Hall–Kier alpha value is -1.32. The van der Waals surface area contributed by atoms with E-state index < -0.39 is 5.41 Å². The number of rotatable bonds is 6. The summed E-state index contributed by atoms with van der Waals surface area (Å²) in [5.41, 5.74) is 0.656. The zero-order valence-electron chi connectivity index (χ0n) is 14.0. The van der Waals surface area contributed by atoms with Crippen LogP contribution in [-0.4, -0.2) is 28.6 Å². The Balaban J connectivity index is 2.39. The maximum absolute atomic E-state index is 13.2. The molecular weight excluding hydrogens is 310 g/mol. The molecule has 1 saturated heterocycles. The van der Waals surface area contributed by atoms with Crippen LogP contribution >= 0.6 is 11.6 Å². The van der Waals surface area contributed by atoms with Crippen LogP contribution in [0.25, 0.3) is 0 Å². The highest BCUT2D eigenvalue weighted by atomic mass is 35.5. The van der Waals surface area contributed by atoms with E-state index >= 15 is 0 Å². The first-order valence-electron chi connectivity index (χ1n) is 8.26. The predicted octanol–water partition coefficient (Wildman–Crippen LogP) is 4.36. The molecule has 1 amide bonds. The maximum atomic E-state index is 13.2. The van der Waals surface area contributed by atoms with E-state index in [1.807, 2.05) is 49.1 Å². The van der Waals surface area contributed by atoms with Gasteiger partial charge in [0.05, 0.1) is 24.1 Å². The van der Waals surface area contributed by atoms with E-state index in [4.69, 9.17) is 11.6 Å². The van der Waals surface area contributed by atoms with E-state index in [0.717, 1.165) is 24.8 Å². The van der Waals surface area contributed by atoms with E-state index in [1.54, 1.807) is 0 Å². The number of nitrogens with zero attached hydrogens (tertiary/aromatic N) is 1. The van der Waals surface area contributed by atoms with Gasteiger partial charge in [0.1, 0.15) is 0 Å². The number of piperidine rings is 1. The van der Waals surface area contributed by atoms with Crippen LogP contribution in [0.4, 0.5) is 0 Å². The van der Waals surface area contributed by atoms with Gasteiger partial charge in [-0.25, -0.2) is 0 Å². The highest BCUT2D eigenvalue weighted by molar-refractivity contribution is 6.30. The van der Waals surface area contributed by atoms with Crippen molar-refractivity contribution in [3.8, 4) is 0 Å². The predicted molar refractivity (Wildman–Crippen MR) is 94.4 cm³/mol. The van der Waals surface area contributed by atoms with Crippen molar-refractivity contribution in [1.29, 1.82) is 0 Å². The molecule has 0 saturated carbocycles. The lowest BCUT2D eigenvalue weighted by Gasteiger charge is -2.47. The summed E-state index contributed by atoms with van der Waals surface area (Å²) < 4.78 is 0. The van der Waals surface area contributed by atoms with Crippen LogP contribution in [0.15, 0.2) is 36.9 Å². The Morgan fingerprint density at radius 3 is 2.65 bits per heavy atom. The van der Waals surface area contributed by atoms with E-state index in [0.29, 0.717) is 11.4 Å². The van der Waals surface area contributed by atoms with Crippen molar-refractivity contribution in [2.24, 2.45) is 5.41 Å². The number of halogens is 1. The molecule has 1 fully saturated rings. The molecule has 1 aromatic carbocycles. The van der Waals surface area contributed by atoms with E-state index in [-0.39, 0.29) is 24.6 Å². The molecule has 2 unspecified atom stereocenters. The zero-order chi connectivity index (χ0) is 17.0. The fraction of sp³-hybridized carbons (Fsp3) is 0.526. The second-order valence-corrected chi connectivity index (χ2v) is 7.05. The van der Waals surface area contributed by atoms with Gasteiger partial charge < -0.3 is 10.0 Å². The molecule has 1 heterocycles. The van der Waals surface area contributed by atoms with Gasteiger partial charge in [-0.1, -0.05) is 43.7 Å². The number of aliphatic hydroxyl groups excluding tert-OH is 1. The molecule has 3 atom stereocenters. The van der Waals surface area contributed by atoms with Crippen molar-refractivity contribution in [2.45, 2.75) is 51.6 Å². The van der Waals surface area contributed by atoms with Gasteiger partial charge in [-0.05, 0) is 43.4 Å². The third kappa shape index (κ3) is 3.61. The number of amides is 1. The SMILES string of the molecule is C=CC[C@@]1(C)CCC(c2ccc(Cl)cc2)N(C(CC)CO)C1=O. The zero-order valence-corrected chi connectivity index (χ0v) is 14.7. The molecule has 0 radical (unpaired) electrons. The number of likely N-dealkylation sites (tertiary alicyclic amines) is 1. The highest BCUT2D eigenvalue weighted by Crippen LogP contribution is 2.44. The molecule has 0 spiro atoms. The normalized spacial score (nSPS) is 26.2. The third-order valence-corrected chi connectivity index (χ3v) is 5.23. The topological polar surface area (TPSA) is 40.5 Å². The summed E-state index contributed by atoms with van der Waals surface area (Å²) >= 11 is 5.99. The standard InChI is InChI=1S/C19H26ClNO2/c1-4-11-19(3)12-10-17(14-6-8-15(20)9-7-14)21(18(19)23)16(5-2)13-22/h4,6-9,16-17,22H,1,5,10-13H2,2-3H3/t16?,17?,19-/m0/s1. The molecule has 1 N–H and O–H groups in total. The van der Waals surface area contributed by atoms with Crippen molar-refractivity contribution in [2.75, 3.05) is 6.61 Å². The molecule has 1 aliphatic rings. The second kappa shape index (κ2) is 7.50. The Kier molecular flexibility index (Phi) is 5.88. The first-order valence-corrected chi connectivity index (χ1v) is 8.64. The summed E-state index contributed by atoms with van der Waals surface area (Å²) in [4.78, 5) is 15.1. The number of hydrogen-bond donors (Lipinski definition) is 1. The molecule has 0 aromatic heterocycles. The molecule has 126 valence electrons. The van der Waals surface area contributed by atoms with E-state index in [9.17, 15) is 9.90 Å². The van der Waals surface area contributed by atoms with Crippen LogP contribution in [0, 0.1) is 5.41 Å². The lowest BCUT2D eigenvalue weighted by atomic mass is 9.74. The molecule has 1 aromatic rings. The van der Waals surface area contributed by atoms with Crippen LogP contribution in [0.2, 0.25) is 5.02 Å². The van der Waals surface area contributed by atoms with E-state index in [1.165, 1.54) is 0 Å². The quantitative estimate of drug-likeness (QED) is 0.785. The third-order valence-electron chi connectivity index (χ3n) is 4.98. The second-order valence-electron chi connectivity index (χ2n) is 6.62.